The summed E-state index contributed by atoms with van der Waals surface area (Å²) in [6, 6.07) is 0. The molecule has 1 fully saturated rings. The summed E-state index contributed by atoms with van der Waals surface area (Å²) in [5, 5.41) is 19.8. The van der Waals surface area contributed by atoms with Gasteiger partial charge in [0, 0.05) is 0 Å². The lowest BCUT2D eigenvalue weighted by Gasteiger charge is -2.23. The number of imidazole rings is 1. The number of anilines is 1. The van der Waals surface area contributed by atoms with Gasteiger partial charge >= 0.3 is 0 Å². The summed E-state index contributed by atoms with van der Waals surface area (Å²) in [7, 11) is 0. The molecule has 0 saturated carbocycles. The van der Waals surface area contributed by atoms with Crippen LogP contribution in [0.5, 0.6) is 0 Å². The first-order chi connectivity index (χ1) is 10.6. The Labute approximate surface area is 126 Å². The molecule has 2 unspecified atom stereocenters. The standard InChI is InChI=1S/C14H13N5O3/c1-3-8-10(21)14(4-2,5-20)22-13(8)19-7-18-9-11(15)16-6-17-12(9)19/h1-2,6-8,10,13,20-21H,5H2,(H2,15,16,17)/t8?,10?,13-,14+/m0/s1. The molecule has 0 amide bonds. The highest BCUT2D eigenvalue weighted by Gasteiger charge is 2.54. The smallest absolute Gasteiger partial charge is 0.180 e. The van der Waals surface area contributed by atoms with Crippen LogP contribution in [-0.2, 0) is 4.74 Å². The van der Waals surface area contributed by atoms with Crippen molar-refractivity contribution in [3.8, 4) is 24.7 Å². The molecule has 4 N–H and O–H groups in total. The van der Waals surface area contributed by atoms with Gasteiger partial charge in [-0.2, -0.15) is 0 Å². The Hall–Kier alpha value is -2.65. The van der Waals surface area contributed by atoms with E-state index in [0.29, 0.717) is 11.2 Å². The lowest BCUT2D eigenvalue weighted by Crippen LogP contribution is -2.43. The van der Waals surface area contributed by atoms with Gasteiger partial charge in [0.2, 0.25) is 0 Å². The average molecular weight is 299 g/mol. The van der Waals surface area contributed by atoms with Crippen molar-refractivity contribution in [1.82, 2.24) is 19.5 Å². The Kier molecular flexibility index (Phi) is 3.23. The summed E-state index contributed by atoms with van der Waals surface area (Å²) in [5.41, 5.74) is 4.95. The molecule has 0 bridgehead atoms. The van der Waals surface area contributed by atoms with Gasteiger partial charge in [0.05, 0.1) is 18.9 Å². The normalized spacial score (nSPS) is 31.0. The Morgan fingerprint density at radius 1 is 1.41 bits per heavy atom. The van der Waals surface area contributed by atoms with Crippen LogP contribution in [0.3, 0.4) is 0 Å². The maximum Gasteiger partial charge on any atom is 0.180 e. The van der Waals surface area contributed by atoms with Crippen LogP contribution in [0.25, 0.3) is 11.2 Å². The highest BCUT2D eigenvalue weighted by molar-refractivity contribution is 5.81. The van der Waals surface area contributed by atoms with Crippen LogP contribution in [0, 0.1) is 30.6 Å². The van der Waals surface area contributed by atoms with E-state index in [0.717, 1.165) is 0 Å². The van der Waals surface area contributed by atoms with Gasteiger partial charge < -0.3 is 20.7 Å². The molecule has 112 valence electrons. The topological polar surface area (TPSA) is 119 Å². The van der Waals surface area contributed by atoms with Crippen molar-refractivity contribution in [2.24, 2.45) is 5.92 Å². The fourth-order valence-electron chi connectivity index (χ4n) is 2.56. The van der Waals surface area contributed by atoms with Crippen molar-refractivity contribution < 1.29 is 14.9 Å². The van der Waals surface area contributed by atoms with Gasteiger partial charge in [-0.3, -0.25) is 4.57 Å². The molecule has 4 atom stereocenters. The van der Waals surface area contributed by atoms with Crippen LogP contribution in [0.2, 0.25) is 0 Å². The molecular formula is C14H13N5O3. The van der Waals surface area contributed by atoms with Crippen LogP contribution < -0.4 is 5.73 Å². The molecule has 1 aliphatic heterocycles. The van der Waals surface area contributed by atoms with Crippen molar-refractivity contribution >= 4 is 17.0 Å². The van der Waals surface area contributed by atoms with Gasteiger partial charge in [-0.05, 0) is 0 Å². The molecule has 0 spiro atoms. The number of rotatable bonds is 2. The average Bonchev–Trinajstić information content (AvgIpc) is 3.07. The van der Waals surface area contributed by atoms with E-state index in [2.05, 4.69) is 26.8 Å². The summed E-state index contributed by atoms with van der Waals surface area (Å²) >= 11 is 0. The number of ether oxygens (including phenoxy) is 1. The third-order valence-corrected chi connectivity index (χ3v) is 3.79. The molecule has 22 heavy (non-hydrogen) atoms. The second kappa shape index (κ2) is 4.97. The maximum absolute atomic E-state index is 10.3. The van der Waals surface area contributed by atoms with Crippen LogP contribution in [0.4, 0.5) is 5.82 Å². The first-order valence-electron chi connectivity index (χ1n) is 6.41. The predicted molar refractivity (Wildman–Crippen MR) is 76.8 cm³/mol. The Morgan fingerprint density at radius 2 is 2.18 bits per heavy atom. The summed E-state index contributed by atoms with van der Waals surface area (Å²) in [4.78, 5) is 12.1. The monoisotopic (exact) mass is 299 g/mol. The molecule has 2 aromatic heterocycles. The SMILES string of the molecule is C#CC1C(O)[C@@](C#C)(CO)O[C@@H]1n1cnc2c(N)ncnc21. The van der Waals surface area contributed by atoms with E-state index in [4.69, 9.17) is 23.3 Å². The van der Waals surface area contributed by atoms with E-state index < -0.39 is 30.5 Å². The lowest BCUT2D eigenvalue weighted by atomic mass is 9.91. The fraction of sp³-hybridized carbons (Fsp3) is 0.357. The number of hydrogen-bond acceptors (Lipinski definition) is 7. The molecule has 3 rings (SSSR count). The number of nitrogen functional groups attached to an aromatic ring is 1. The van der Waals surface area contributed by atoms with Crippen molar-refractivity contribution in [2.45, 2.75) is 17.9 Å². The fourth-order valence-corrected chi connectivity index (χ4v) is 2.56. The van der Waals surface area contributed by atoms with Crippen molar-refractivity contribution in [2.75, 3.05) is 12.3 Å². The van der Waals surface area contributed by atoms with Crippen LogP contribution in [-0.4, -0.2) is 48.0 Å². The first kappa shape index (κ1) is 14.3. The van der Waals surface area contributed by atoms with Crippen LogP contribution in [0.1, 0.15) is 6.23 Å². The Balaban J connectivity index is 2.13. The van der Waals surface area contributed by atoms with Crippen molar-refractivity contribution in [3.63, 3.8) is 0 Å². The minimum atomic E-state index is -1.57. The number of terminal acetylenes is 2. The number of aliphatic hydroxyl groups excluding tert-OH is 2. The van der Waals surface area contributed by atoms with Crippen LogP contribution in [0.15, 0.2) is 12.7 Å². The van der Waals surface area contributed by atoms with Gasteiger partial charge in [-0.1, -0.05) is 11.8 Å². The molecular weight excluding hydrogens is 286 g/mol. The van der Waals surface area contributed by atoms with E-state index in [-0.39, 0.29) is 5.82 Å². The maximum atomic E-state index is 10.3. The van der Waals surface area contributed by atoms with Gasteiger partial charge in [-0.15, -0.1) is 12.8 Å². The second-order valence-corrected chi connectivity index (χ2v) is 4.92. The molecule has 0 aromatic carbocycles. The number of hydrogen-bond donors (Lipinski definition) is 3. The molecule has 8 nitrogen and oxygen atoms in total. The van der Waals surface area contributed by atoms with Gasteiger partial charge in [0.1, 0.15) is 17.9 Å². The highest BCUT2D eigenvalue weighted by atomic mass is 16.6. The number of nitrogens with zero attached hydrogens (tertiary/aromatic N) is 4. The van der Waals surface area contributed by atoms with E-state index >= 15 is 0 Å². The van der Waals surface area contributed by atoms with E-state index in [1.54, 1.807) is 0 Å². The Morgan fingerprint density at radius 3 is 2.82 bits per heavy atom. The Bertz CT molecular complexity index is 805. The molecule has 0 radical (unpaired) electrons. The number of fused-ring (bicyclic) bond motifs is 1. The summed E-state index contributed by atoms with van der Waals surface area (Å²) < 4.78 is 7.22. The van der Waals surface area contributed by atoms with Gasteiger partial charge in [0.25, 0.3) is 0 Å². The molecule has 0 aliphatic carbocycles. The summed E-state index contributed by atoms with van der Waals surface area (Å²) in [6.07, 6.45) is 11.6. The summed E-state index contributed by atoms with van der Waals surface area (Å²) in [5.74, 6) is 4.17. The minimum absolute atomic E-state index is 0.213. The third kappa shape index (κ3) is 1.76. The predicted octanol–water partition coefficient (Wildman–Crippen LogP) is -1.09. The zero-order valence-corrected chi connectivity index (χ0v) is 11.4. The van der Waals surface area contributed by atoms with E-state index in [1.807, 2.05) is 0 Å². The minimum Gasteiger partial charge on any atom is -0.392 e. The molecule has 2 aromatic rings. The molecule has 1 saturated heterocycles. The number of nitrogens with two attached hydrogens (primary N) is 1. The van der Waals surface area contributed by atoms with E-state index in [1.165, 1.54) is 17.2 Å². The first-order valence-corrected chi connectivity index (χ1v) is 6.41. The largest absolute Gasteiger partial charge is 0.392 e. The zero-order valence-electron chi connectivity index (χ0n) is 11.4. The summed E-state index contributed by atoms with van der Waals surface area (Å²) in [6.45, 7) is -0.566. The number of aromatic nitrogens is 4. The van der Waals surface area contributed by atoms with Gasteiger partial charge in [0.15, 0.2) is 23.3 Å². The molecule has 8 heteroatoms. The molecule has 3 heterocycles. The molecule has 1 aliphatic rings. The van der Waals surface area contributed by atoms with Crippen molar-refractivity contribution in [1.29, 1.82) is 0 Å². The third-order valence-electron chi connectivity index (χ3n) is 3.79. The van der Waals surface area contributed by atoms with Crippen LogP contribution >= 0.6 is 0 Å². The second-order valence-electron chi connectivity index (χ2n) is 4.92. The van der Waals surface area contributed by atoms with E-state index in [9.17, 15) is 10.2 Å². The lowest BCUT2D eigenvalue weighted by molar-refractivity contribution is -0.0894. The number of aliphatic hydroxyl groups is 2. The van der Waals surface area contributed by atoms with Gasteiger partial charge in [-0.25, -0.2) is 15.0 Å². The highest BCUT2D eigenvalue weighted by Crippen LogP contribution is 2.41. The zero-order chi connectivity index (χ0) is 15.9. The quantitative estimate of drug-likeness (QED) is 0.603. The van der Waals surface area contributed by atoms with Crippen molar-refractivity contribution in [3.05, 3.63) is 12.7 Å².